The minimum Gasteiger partial charge on any atom is -0.492 e. The van der Waals surface area contributed by atoms with E-state index in [4.69, 9.17) is 9.47 Å². The summed E-state index contributed by atoms with van der Waals surface area (Å²) in [5.41, 5.74) is 1.79. The summed E-state index contributed by atoms with van der Waals surface area (Å²) in [4.78, 5) is 11.8. The lowest BCUT2D eigenvalue weighted by Gasteiger charge is -2.11. The molecule has 114 valence electrons. The van der Waals surface area contributed by atoms with Gasteiger partial charge in [-0.3, -0.25) is 5.32 Å². The molecule has 2 aromatic carbocycles. The number of nitrogens with one attached hydrogen (secondary N) is 1. The van der Waals surface area contributed by atoms with E-state index >= 15 is 0 Å². The van der Waals surface area contributed by atoms with Gasteiger partial charge in [0.05, 0.1) is 16.8 Å². The number of amides is 1. The maximum atomic E-state index is 14.2. The van der Waals surface area contributed by atoms with E-state index in [0.717, 1.165) is 11.1 Å². The van der Waals surface area contributed by atoms with E-state index < -0.39 is 11.9 Å². The van der Waals surface area contributed by atoms with E-state index in [1.54, 1.807) is 6.07 Å². The number of ether oxygens (including phenoxy) is 2. The molecule has 0 spiro atoms. The molecule has 1 aliphatic rings. The largest absolute Gasteiger partial charge is 0.492 e. The Balaban J connectivity index is 1.68. The molecule has 0 atom stereocenters. The number of hydrogen-bond acceptors (Lipinski definition) is 3. The van der Waals surface area contributed by atoms with Gasteiger partial charge in [0.15, 0.2) is 5.82 Å². The number of anilines is 1. The maximum Gasteiger partial charge on any atom is 0.412 e. The van der Waals surface area contributed by atoms with Gasteiger partial charge in [-0.1, -0.05) is 30.3 Å². The Morgan fingerprint density at radius 3 is 2.91 bits per heavy atom. The maximum absolute atomic E-state index is 14.2. The van der Waals surface area contributed by atoms with Gasteiger partial charge in [0, 0.05) is 12.0 Å². The molecule has 1 N–H and O–H groups in total. The summed E-state index contributed by atoms with van der Waals surface area (Å²) < 4.78 is 24.8. The van der Waals surface area contributed by atoms with Crippen molar-refractivity contribution < 1.29 is 18.7 Å². The van der Waals surface area contributed by atoms with E-state index in [1.807, 2.05) is 30.3 Å². The minimum atomic E-state index is -0.700. The van der Waals surface area contributed by atoms with Crippen molar-refractivity contribution in [1.82, 2.24) is 0 Å². The second-order valence-corrected chi connectivity index (χ2v) is 5.62. The van der Waals surface area contributed by atoms with Crippen molar-refractivity contribution in [1.29, 1.82) is 0 Å². The van der Waals surface area contributed by atoms with Gasteiger partial charge in [-0.25, -0.2) is 9.18 Å². The number of benzene rings is 2. The summed E-state index contributed by atoms with van der Waals surface area (Å²) in [6.07, 6.45) is -0.0179. The first-order valence-electron chi connectivity index (χ1n) is 6.76. The van der Waals surface area contributed by atoms with Crippen LogP contribution in [-0.2, 0) is 17.8 Å². The van der Waals surface area contributed by atoms with Crippen LogP contribution < -0.4 is 10.1 Å². The first kappa shape index (κ1) is 14.8. The van der Waals surface area contributed by atoms with Crippen molar-refractivity contribution in [2.24, 2.45) is 0 Å². The zero-order chi connectivity index (χ0) is 15.5. The third kappa shape index (κ3) is 3.06. The van der Waals surface area contributed by atoms with Gasteiger partial charge in [0.2, 0.25) is 0 Å². The van der Waals surface area contributed by atoms with E-state index in [2.05, 4.69) is 21.2 Å². The molecule has 1 aliphatic heterocycles. The van der Waals surface area contributed by atoms with Gasteiger partial charge in [0.25, 0.3) is 0 Å². The standard InChI is InChI=1S/C16H13BrFNO3/c17-13-14(18)12(8-11-6-7-21-15(11)13)19-16(20)22-9-10-4-2-1-3-5-10/h1-5,8H,6-7,9H2,(H,19,20). The smallest absolute Gasteiger partial charge is 0.412 e. The highest BCUT2D eigenvalue weighted by atomic mass is 79.9. The van der Waals surface area contributed by atoms with Crippen molar-refractivity contribution in [3.8, 4) is 5.75 Å². The van der Waals surface area contributed by atoms with E-state index in [-0.39, 0.29) is 16.8 Å². The quantitative estimate of drug-likeness (QED) is 0.883. The summed E-state index contributed by atoms with van der Waals surface area (Å²) in [6, 6.07) is 10.9. The Hall–Kier alpha value is -2.08. The van der Waals surface area contributed by atoms with Crippen molar-refractivity contribution >= 4 is 27.7 Å². The fourth-order valence-corrected chi connectivity index (χ4v) is 2.81. The molecule has 3 rings (SSSR count). The van der Waals surface area contributed by atoms with Crippen LogP contribution in [0.15, 0.2) is 40.9 Å². The van der Waals surface area contributed by atoms with Crippen LogP contribution in [-0.4, -0.2) is 12.7 Å². The lowest BCUT2D eigenvalue weighted by atomic mass is 10.1. The third-order valence-corrected chi connectivity index (χ3v) is 4.01. The van der Waals surface area contributed by atoms with Gasteiger partial charge in [-0.05, 0) is 27.6 Å². The van der Waals surface area contributed by atoms with Gasteiger partial charge in [-0.15, -0.1) is 0 Å². The Kier molecular flexibility index (Phi) is 4.29. The molecule has 0 fully saturated rings. The lowest BCUT2D eigenvalue weighted by Crippen LogP contribution is -2.15. The molecule has 0 bridgehead atoms. The number of carbonyl (C=O) groups is 1. The number of fused-ring (bicyclic) bond motifs is 1. The fraction of sp³-hybridized carbons (Fsp3) is 0.188. The predicted octanol–water partition coefficient (Wildman–Crippen LogP) is 4.27. The van der Waals surface area contributed by atoms with E-state index in [9.17, 15) is 9.18 Å². The topological polar surface area (TPSA) is 47.6 Å². The fourth-order valence-electron chi connectivity index (χ4n) is 2.23. The molecule has 0 aromatic heterocycles. The first-order chi connectivity index (χ1) is 10.6. The number of hydrogen-bond donors (Lipinski definition) is 1. The van der Waals surface area contributed by atoms with Crippen LogP contribution >= 0.6 is 15.9 Å². The molecule has 1 heterocycles. The van der Waals surface area contributed by atoms with Gasteiger partial charge in [-0.2, -0.15) is 0 Å². The highest BCUT2D eigenvalue weighted by Crippen LogP contribution is 2.39. The van der Waals surface area contributed by atoms with E-state index in [0.29, 0.717) is 18.8 Å². The highest BCUT2D eigenvalue weighted by Gasteiger charge is 2.22. The molecule has 0 saturated carbocycles. The number of halogens is 2. The lowest BCUT2D eigenvalue weighted by molar-refractivity contribution is 0.155. The summed E-state index contributed by atoms with van der Waals surface area (Å²) in [7, 11) is 0. The molecule has 0 radical (unpaired) electrons. The SMILES string of the molecule is O=C(Nc1cc2c(c(Br)c1F)OCC2)OCc1ccccc1. The summed E-state index contributed by atoms with van der Waals surface area (Å²) in [5.74, 6) is -0.0713. The van der Waals surface area contributed by atoms with Gasteiger partial charge < -0.3 is 9.47 Å². The van der Waals surface area contributed by atoms with Crippen LogP contribution in [0.25, 0.3) is 0 Å². The zero-order valence-corrected chi connectivity index (χ0v) is 13.2. The molecule has 0 aliphatic carbocycles. The van der Waals surface area contributed by atoms with Gasteiger partial charge >= 0.3 is 6.09 Å². The van der Waals surface area contributed by atoms with Crippen molar-refractivity contribution in [2.75, 3.05) is 11.9 Å². The third-order valence-electron chi connectivity index (χ3n) is 3.31. The molecule has 2 aromatic rings. The summed E-state index contributed by atoms with van der Waals surface area (Å²) >= 11 is 3.16. The summed E-state index contributed by atoms with van der Waals surface area (Å²) in [6.45, 7) is 0.638. The molecule has 6 heteroatoms. The van der Waals surface area contributed by atoms with Crippen LogP contribution in [0.1, 0.15) is 11.1 Å². The Labute approximate surface area is 135 Å². The Morgan fingerprint density at radius 1 is 1.36 bits per heavy atom. The molecule has 0 unspecified atom stereocenters. The minimum absolute atomic E-state index is 0.0780. The van der Waals surface area contributed by atoms with Crippen LogP contribution in [0.4, 0.5) is 14.9 Å². The highest BCUT2D eigenvalue weighted by molar-refractivity contribution is 9.10. The van der Waals surface area contributed by atoms with Gasteiger partial charge in [0.1, 0.15) is 12.4 Å². The van der Waals surface area contributed by atoms with Crippen molar-refractivity contribution in [3.05, 3.63) is 57.8 Å². The van der Waals surface area contributed by atoms with E-state index in [1.165, 1.54) is 0 Å². The Morgan fingerprint density at radius 2 is 2.14 bits per heavy atom. The molecule has 4 nitrogen and oxygen atoms in total. The van der Waals surface area contributed by atoms with Crippen molar-refractivity contribution in [2.45, 2.75) is 13.0 Å². The summed E-state index contributed by atoms with van der Waals surface area (Å²) in [5, 5.41) is 2.43. The second kappa shape index (κ2) is 6.36. The van der Waals surface area contributed by atoms with Crippen LogP contribution in [0.2, 0.25) is 0 Å². The Bertz CT molecular complexity index is 706. The molecule has 1 amide bonds. The molecule has 0 saturated heterocycles. The molecule has 22 heavy (non-hydrogen) atoms. The monoisotopic (exact) mass is 365 g/mol. The normalized spacial score (nSPS) is 12.5. The zero-order valence-electron chi connectivity index (χ0n) is 11.6. The second-order valence-electron chi connectivity index (χ2n) is 4.83. The number of rotatable bonds is 3. The van der Waals surface area contributed by atoms with Crippen LogP contribution in [0.3, 0.4) is 0 Å². The average molecular weight is 366 g/mol. The first-order valence-corrected chi connectivity index (χ1v) is 7.56. The van der Waals surface area contributed by atoms with Crippen molar-refractivity contribution in [3.63, 3.8) is 0 Å². The van der Waals surface area contributed by atoms with Crippen LogP contribution in [0, 0.1) is 5.82 Å². The van der Waals surface area contributed by atoms with Crippen LogP contribution in [0.5, 0.6) is 5.75 Å². The molecular formula is C16H13BrFNO3. The number of carbonyl (C=O) groups excluding carboxylic acids is 1. The molecular weight excluding hydrogens is 353 g/mol. The predicted molar refractivity (Wildman–Crippen MR) is 83.5 cm³/mol. The average Bonchev–Trinajstić information content (AvgIpc) is 3.00.